The predicted octanol–water partition coefficient (Wildman–Crippen LogP) is -0.129. The molecule has 1 atom stereocenters. The Morgan fingerprint density at radius 1 is 1.14 bits per heavy atom. The molecule has 0 bridgehead atoms. The fourth-order valence-electron chi connectivity index (χ4n) is 3.21. The van der Waals surface area contributed by atoms with Crippen LogP contribution in [0.1, 0.15) is 65.0 Å². The minimum atomic E-state index is -2.74. The minimum Gasteiger partial charge on any atom is -0.355 e. The van der Waals surface area contributed by atoms with Crippen molar-refractivity contribution in [3.63, 3.8) is 0 Å². The Hall–Kier alpha value is -2.49. The molecule has 0 radical (unpaired) electrons. The summed E-state index contributed by atoms with van der Waals surface area (Å²) in [5, 5.41) is 5.49. The molecule has 2 aliphatic rings. The van der Waals surface area contributed by atoms with Crippen molar-refractivity contribution in [2.45, 2.75) is 64.2 Å². The van der Waals surface area contributed by atoms with Crippen molar-refractivity contribution < 1.29 is 35.7 Å². The van der Waals surface area contributed by atoms with Gasteiger partial charge in [0.05, 0.1) is 13.0 Å². The number of nitrogens with zero attached hydrogens (tertiary/aromatic N) is 2. The van der Waals surface area contributed by atoms with Crippen molar-refractivity contribution in [1.29, 1.82) is 0 Å². The normalized spacial score (nSPS) is 23.0. The van der Waals surface area contributed by atoms with Gasteiger partial charge in [-0.05, 0) is 25.8 Å². The van der Waals surface area contributed by atoms with Crippen LogP contribution in [-0.2, 0) is 28.8 Å². The summed E-state index contributed by atoms with van der Waals surface area (Å²) in [6, 6.07) is -0.352. The summed E-state index contributed by atoms with van der Waals surface area (Å²) in [7, 11) is 0. The lowest BCUT2D eigenvalue weighted by Crippen LogP contribution is -2.41. The summed E-state index contributed by atoms with van der Waals surface area (Å²) in [4.78, 5) is 64.9. The van der Waals surface area contributed by atoms with Crippen LogP contribution in [-0.4, -0.2) is 71.8 Å². The number of imide groups is 1. The summed E-state index contributed by atoms with van der Waals surface area (Å²) < 4.78 is 37.6. The van der Waals surface area contributed by atoms with E-state index >= 15 is 0 Å². The molecule has 0 aromatic heterocycles. The van der Waals surface area contributed by atoms with Crippen LogP contribution in [0.15, 0.2) is 0 Å². The quantitative estimate of drug-likeness (QED) is 0.269. The molecule has 2 aliphatic heterocycles. The highest BCUT2D eigenvalue weighted by atomic mass is 16.8. The van der Waals surface area contributed by atoms with Gasteiger partial charge in [-0.3, -0.25) is 24.1 Å². The monoisotopic (exact) mass is 424 g/mol. The van der Waals surface area contributed by atoms with Crippen LogP contribution in [0.25, 0.3) is 0 Å². The Balaban J connectivity index is 1.62. The summed E-state index contributed by atoms with van der Waals surface area (Å²) in [5.41, 5.74) is 0. The molecule has 2 saturated heterocycles. The topological polar surface area (TPSA) is 125 Å². The van der Waals surface area contributed by atoms with Gasteiger partial charge in [0.1, 0.15) is 0 Å². The molecule has 2 fully saturated rings. The van der Waals surface area contributed by atoms with Gasteiger partial charge >= 0.3 is 5.97 Å². The van der Waals surface area contributed by atoms with E-state index in [1.54, 1.807) is 4.90 Å². The van der Waals surface area contributed by atoms with E-state index in [0.29, 0.717) is 18.0 Å². The summed E-state index contributed by atoms with van der Waals surface area (Å²) in [5.74, 6) is -2.80. The number of hydrogen-bond donors (Lipinski definition) is 2. The first kappa shape index (κ1) is 16.3. The Morgan fingerprint density at radius 3 is 2.55 bits per heavy atom. The molecule has 4 amide bonds. The smallest absolute Gasteiger partial charge is 0.334 e. The molecule has 10 heteroatoms. The maximum atomic E-state index is 12.2. The number of carbonyl (C=O) groups is 5. The summed E-state index contributed by atoms with van der Waals surface area (Å²) in [6.45, 7) is -2.23. The Morgan fingerprint density at radius 2 is 1.83 bits per heavy atom. The third kappa shape index (κ3) is 7.45. The molecule has 10 nitrogen and oxygen atoms in total. The molecule has 2 rings (SSSR count). The van der Waals surface area contributed by atoms with Gasteiger partial charge in [0.15, 0.2) is 0 Å². The maximum Gasteiger partial charge on any atom is 0.334 e. The molecule has 2 heterocycles. The highest BCUT2D eigenvalue weighted by Gasteiger charge is 2.32. The Kier molecular flexibility index (Phi) is 6.47. The lowest BCUT2D eigenvalue weighted by molar-refractivity contribution is -0.197. The van der Waals surface area contributed by atoms with Crippen LogP contribution in [0.2, 0.25) is 0 Å². The van der Waals surface area contributed by atoms with E-state index in [1.807, 2.05) is 0 Å². The van der Waals surface area contributed by atoms with E-state index in [9.17, 15) is 24.0 Å². The molecule has 0 spiro atoms. The van der Waals surface area contributed by atoms with Gasteiger partial charge < -0.3 is 15.5 Å². The van der Waals surface area contributed by atoms with Crippen molar-refractivity contribution in [1.82, 2.24) is 20.6 Å². The standard InChI is InChI=1S/C19H30N4O6/c1-2-4-14-5-3-12-22(14)13-16(25)21-10-8-15(24)20-11-9-19(28)29-23-17(26)6-7-18(23)27/h14H,2-13H2,1H3,(H,20,24)(H,21,25)/i1+1D3,2+1D2,4+1,9+1,11+1,13+1,16+1,19+1,20+1. The van der Waals surface area contributed by atoms with Crippen LogP contribution in [0.5, 0.6) is 0 Å². The van der Waals surface area contributed by atoms with E-state index in [-0.39, 0.29) is 63.7 Å². The minimum absolute atomic E-state index is 0.00947. The lowest BCUT2D eigenvalue weighted by Gasteiger charge is -2.23. The molecule has 162 valence electrons. The molecule has 0 aromatic rings. The fourth-order valence-corrected chi connectivity index (χ4v) is 3.21. The molecular formula is C19H30N4O6. The Bertz CT molecular complexity index is 791. The van der Waals surface area contributed by atoms with Gasteiger partial charge in [0, 0.05) is 45.2 Å². The third-order valence-corrected chi connectivity index (χ3v) is 4.71. The largest absolute Gasteiger partial charge is 0.355 e. The average molecular weight is 424 g/mol. The van der Waals surface area contributed by atoms with Crippen LogP contribution in [0, 0.1) is 0 Å². The van der Waals surface area contributed by atoms with E-state index in [0.717, 1.165) is 6.42 Å². The zero-order chi connectivity index (χ0) is 25.5. The summed E-state index contributed by atoms with van der Waals surface area (Å²) in [6.07, 6.45) is -1.50. The van der Waals surface area contributed by atoms with Crippen molar-refractivity contribution >= 4 is 29.6 Å². The van der Waals surface area contributed by atoms with Gasteiger partial charge in [0.25, 0.3) is 11.8 Å². The number of nitrogens with one attached hydrogen (secondary N) is 2. The van der Waals surface area contributed by atoms with Crippen LogP contribution < -0.4 is 10.6 Å². The zero-order valence-electron chi connectivity index (χ0n) is 21.2. The van der Waals surface area contributed by atoms with Gasteiger partial charge in [-0.1, -0.05) is 13.2 Å². The highest BCUT2D eigenvalue weighted by molar-refractivity contribution is 6.01. The van der Waals surface area contributed by atoms with Crippen LogP contribution in [0.3, 0.4) is 0 Å². The number of rotatable bonds is 11. The number of hydroxylamine groups is 2. The van der Waals surface area contributed by atoms with Crippen LogP contribution in [0.4, 0.5) is 0 Å². The van der Waals surface area contributed by atoms with Gasteiger partial charge in [-0.15, -0.1) is 5.06 Å². The summed E-state index contributed by atoms with van der Waals surface area (Å²) >= 11 is 0. The van der Waals surface area contributed by atoms with E-state index in [2.05, 4.69) is 15.5 Å². The van der Waals surface area contributed by atoms with Crippen molar-refractivity contribution in [2.24, 2.45) is 0 Å². The molecule has 0 saturated carbocycles. The molecule has 0 aromatic carbocycles. The highest BCUT2D eigenvalue weighted by Crippen LogP contribution is 2.20. The first-order valence-electron chi connectivity index (χ1n) is 12.1. The second kappa shape index (κ2) is 11.5. The fraction of sp³-hybridized carbons (Fsp3) is 0.737. The van der Waals surface area contributed by atoms with E-state index in [4.69, 9.17) is 6.85 Å². The molecule has 2 N–H and O–H groups in total. The number of hydrogen-bond acceptors (Lipinski definition) is 7. The molecule has 1 unspecified atom stereocenters. The predicted molar refractivity (Wildman–Crippen MR) is 102 cm³/mol. The molecule has 0 aliphatic carbocycles. The van der Waals surface area contributed by atoms with E-state index < -0.39 is 36.9 Å². The zero-order valence-corrected chi connectivity index (χ0v) is 16.2. The SMILES string of the molecule is [2H][13C]([2H])([2H])[13C]([2H])([2H])[13CH2]C1CCCN1[13CH2][13C](=O)NCCC(=O)[15NH][13CH2][13CH2][13C](=O)ON1C(=O)CCC1=O. The first-order chi connectivity index (χ1) is 15.8. The lowest BCUT2D eigenvalue weighted by atomic mass is 10.3. The number of likely N-dealkylation sites (tertiary alicyclic amines) is 1. The second-order valence-electron chi connectivity index (χ2n) is 6.89. The van der Waals surface area contributed by atoms with Crippen molar-refractivity contribution in [3.8, 4) is 0 Å². The van der Waals surface area contributed by atoms with Crippen LogP contribution >= 0.6 is 0 Å². The number of amides is 4. The average Bonchev–Trinajstić information content (AvgIpc) is 3.27. The Labute approximate surface area is 177 Å². The van der Waals surface area contributed by atoms with Crippen molar-refractivity contribution in [3.05, 3.63) is 0 Å². The number of carbonyl (C=O) groups excluding carboxylic acids is 5. The van der Waals surface area contributed by atoms with Crippen molar-refractivity contribution in [2.75, 3.05) is 26.2 Å². The van der Waals surface area contributed by atoms with E-state index in [1.165, 1.54) is 0 Å². The molecule has 29 heavy (non-hydrogen) atoms. The van der Waals surface area contributed by atoms with Gasteiger partial charge in [-0.25, -0.2) is 4.79 Å². The maximum absolute atomic E-state index is 12.2. The third-order valence-electron chi connectivity index (χ3n) is 4.71. The van der Waals surface area contributed by atoms with Gasteiger partial charge in [0.2, 0.25) is 11.8 Å². The second-order valence-corrected chi connectivity index (χ2v) is 6.89. The van der Waals surface area contributed by atoms with Gasteiger partial charge in [-0.2, -0.15) is 0 Å². The molecular weight excluding hydrogens is 389 g/mol. The first-order valence-corrected chi connectivity index (χ1v) is 9.64.